The Balaban J connectivity index is 1.81. The van der Waals surface area contributed by atoms with Crippen molar-refractivity contribution in [3.05, 3.63) is 89.5 Å². The van der Waals surface area contributed by atoms with Crippen molar-refractivity contribution in [3.63, 3.8) is 0 Å². The number of rotatable bonds is 7. The first-order chi connectivity index (χ1) is 12.7. The summed E-state index contributed by atoms with van der Waals surface area (Å²) < 4.78 is 5.95. The second-order valence-corrected chi connectivity index (χ2v) is 7.05. The smallest absolute Gasteiger partial charge is 0.120 e. The van der Waals surface area contributed by atoms with Gasteiger partial charge in [-0.05, 0) is 52.3 Å². The molecule has 0 saturated heterocycles. The predicted octanol–water partition coefficient (Wildman–Crippen LogP) is 5.62. The van der Waals surface area contributed by atoms with Crippen LogP contribution in [-0.4, -0.2) is 5.11 Å². The summed E-state index contributed by atoms with van der Waals surface area (Å²) >= 11 is 0. The van der Waals surface area contributed by atoms with E-state index in [-0.39, 0.29) is 6.61 Å². The minimum atomic E-state index is 0.0159. The van der Waals surface area contributed by atoms with Crippen molar-refractivity contribution in [2.45, 2.75) is 33.5 Å². The summed E-state index contributed by atoms with van der Waals surface area (Å²) in [6.45, 7) is 5.00. The molecule has 0 aromatic heterocycles. The van der Waals surface area contributed by atoms with Crippen molar-refractivity contribution in [2.75, 3.05) is 0 Å². The number of aliphatic hydroxyl groups excluding tert-OH is 1. The number of ether oxygens (including phenoxy) is 1. The highest BCUT2D eigenvalue weighted by Gasteiger charge is 2.08. The number of hydrogen-bond acceptors (Lipinski definition) is 2. The first-order valence-corrected chi connectivity index (χ1v) is 9.15. The molecule has 3 aromatic rings. The Morgan fingerprint density at radius 1 is 0.846 bits per heavy atom. The molecule has 26 heavy (non-hydrogen) atoms. The molecule has 0 aliphatic carbocycles. The minimum Gasteiger partial charge on any atom is -0.489 e. The van der Waals surface area contributed by atoms with Crippen molar-refractivity contribution in [3.8, 4) is 16.9 Å². The van der Waals surface area contributed by atoms with Crippen molar-refractivity contribution in [2.24, 2.45) is 5.92 Å². The standard InChI is InChI=1S/C24H26O2/c1-18(2)14-19-8-10-21(11-9-19)24-15-23(13-12-22(24)16-25)26-17-20-6-4-3-5-7-20/h3-13,15,18,25H,14,16-17H2,1-2H3. The van der Waals surface area contributed by atoms with Crippen molar-refractivity contribution in [1.82, 2.24) is 0 Å². The van der Waals surface area contributed by atoms with Gasteiger partial charge in [-0.1, -0.05) is 74.5 Å². The zero-order valence-corrected chi connectivity index (χ0v) is 15.5. The Bertz CT molecular complexity index is 821. The second-order valence-electron chi connectivity index (χ2n) is 7.05. The molecular formula is C24H26O2. The van der Waals surface area contributed by atoms with E-state index in [4.69, 9.17) is 4.74 Å². The molecule has 0 unspecified atom stereocenters. The predicted molar refractivity (Wildman–Crippen MR) is 107 cm³/mol. The fraction of sp³-hybridized carbons (Fsp3) is 0.250. The Morgan fingerprint density at radius 3 is 2.23 bits per heavy atom. The molecule has 1 N–H and O–H groups in total. The average molecular weight is 346 g/mol. The fourth-order valence-corrected chi connectivity index (χ4v) is 3.08. The van der Waals surface area contributed by atoms with Gasteiger partial charge >= 0.3 is 0 Å². The van der Waals surface area contributed by atoms with E-state index in [9.17, 15) is 5.11 Å². The zero-order valence-electron chi connectivity index (χ0n) is 15.5. The Hall–Kier alpha value is -2.58. The zero-order chi connectivity index (χ0) is 18.4. The van der Waals surface area contributed by atoms with Crippen LogP contribution in [0.3, 0.4) is 0 Å². The largest absolute Gasteiger partial charge is 0.489 e. The molecule has 0 bridgehead atoms. The third kappa shape index (κ3) is 4.74. The van der Waals surface area contributed by atoms with E-state index in [1.54, 1.807) is 0 Å². The van der Waals surface area contributed by atoms with Crippen LogP contribution in [0, 0.1) is 5.92 Å². The van der Waals surface area contributed by atoms with Crippen LogP contribution in [0.5, 0.6) is 5.75 Å². The van der Waals surface area contributed by atoms with Crippen molar-refractivity contribution in [1.29, 1.82) is 0 Å². The number of aliphatic hydroxyl groups is 1. The average Bonchev–Trinajstić information content (AvgIpc) is 2.67. The lowest BCUT2D eigenvalue weighted by Gasteiger charge is -2.13. The summed E-state index contributed by atoms with van der Waals surface area (Å²) in [6, 6.07) is 24.6. The van der Waals surface area contributed by atoms with E-state index in [2.05, 4.69) is 50.2 Å². The van der Waals surface area contributed by atoms with Gasteiger partial charge < -0.3 is 9.84 Å². The number of hydrogen-bond donors (Lipinski definition) is 1. The third-order valence-electron chi connectivity index (χ3n) is 4.41. The lowest BCUT2D eigenvalue weighted by molar-refractivity contribution is 0.281. The highest BCUT2D eigenvalue weighted by Crippen LogP contribution is 2.29. The van der Waals surface area contributed by atoms with E-state index >= 15 is 0 Å². The monoisotopic (exact) mass is 346 g/mol. The molecule has 0 radical (unpaired) electrons. The van der Waals surface area contributed by atoms with Crippen LogP contribution in [-0.2, 0) is 19.6 Å². The molecule has 0 saturated carbocycles. The maximum absolute atomic E-state index is 9.71. The van der Waals surface area contributed by atoms with Gasteiger partial charge in [-0.3, -0.25) is 0 Å². The molecule has 2 heteroatoms. The molecule has 0 atom stereocenters. The lowest BCUT2D eigenvalue weighted by Crippen LogP contribution is -1.97. The highest BCUT2D eigenvalue weighted by molar-refractivity contribution is 5.69. The number of benzene rings is 3. The van der Waals surface area contributed by atoms with E-state index in [1.807, 2.05) is 36.4 Å². The van der Waals surface area contributed by atoms with Crippen LogP contribution in [0.4, 0.5) is 0 Å². The third-order valence-corrected chi connectivity index (χ3v) is 4.41. The summed E-state index contributed by atoms with van der Waals surface area (Å²) in [6.07, 6.45) is 1.08. The molecule has 3 aromatic carbocycles. The van der Waals surface area contributed by atoms with E-state index in [0.29, 0.717) is 12.5 Å². The molecule has 0 fully saturated rings. The molecule has 134 valence electrons. The van der Waals surface area contributed by atoms with Crippen LogP contribution >= 0.6 is 0 Å². The maximum Gasteiger partial charge on any atom is 0.120 e. The molecular weight excluding hydrogens is 320 g/mol. The maximum atomic E-state index is 9.71. The molecule has 3 rings (SSSR count). The summed E-state index contributed by atoms with van der Waals surface area (Å²) in [5.41, 5.74) is 5.51. The Morgan fingerprint density at radius 2 is 1.58 bits per heavy atom. The van der Waals surface area contributed by atoms with Gasteiger partial charge in [0.25, 0.3) is 0 Å². The van der Waals surface area contributed by atoms with Crippen molar-refractivity contribution >= 4 is 0 Å². The van der Waals surface area contributed by atoms with Gasteiger partial charge in [-0.25, -0.2) is 0 Å². The van der Waals surface area contributed by atoms with Gasteiger partial charge in [0.2, 0.25) is 0 Å². The Kier molecular flexibility index (Phi) is 6.08. The lowest BCUT2D eigenvalue weighted by atomic mass is 9.96. The van der Waals surface area contributed by atoms with Crippen LogP contribution in [0.2, 0.25) is 0 Å². The first-order valence-electron chi connectivity index (χ1n) is 9.15. The summed E-state index contributed by atoms with van der Waals surface area (Å²) in [5, 5.41) is 9.71. The molecule has 0 amide bonds. The van der Waals surface area contributed by atoms with Crippen molar-refractivity contribution < 1.29 is 9.84 Å². The minimum absolute atomic E-state index is 0.0159. The normalized spacial score (nSPS) is 10.9. The van der Waals surface area contributed by atoms with Gasteiger partial charge in [-0.15, -0.1) is 0 Å². The highest BCUT2D eigenvalue weighted by atomic mass is 16.5. The Labute approximate surface area is 156 Å². The van der Waals surface area contributed by atoms with Crippen LogP contribution < -0.4 is 4.74 Å². The van der Waals surface area contributed by atoms with Crippen LogP contribution in [0.1, 0.15) is 30.5 Å². The topological polar surface area (TPSA) is 29.5 Å². The van der Waals surface area contributed by atoms with Gasteiger partial charge in [0.05, 0.1) is 6.61 Å². The van der Waals surface area contributed by atoms with Crippen LogP contribution in [0.15, 0.2) is 72.8 Å². The van der Waals surface area contributed by atoms with E-state index in [0.717, 1.165) is 34.4 Å². The summed E-state index contributed by atoms with van der Waals surface area (Å²) in [5.74, 6) is 1.45. The van der Waals surface area contributed by atoms with Gasteiger partial charge in [0.1, 0.15) is 12.4 Å². The molecule has 0 spiro atoms. The summed E-state index contributed by atoms with van der Waals surface area (Å²) in [7, 11) is 0. The molecule has 0 heterocycles. The summed E-state index contributed by atoms with van der Waals surface area (Å²) in [4.78, 5) is 0. The molecule has 0 aliphatic rings. The SMILES string of the molecule is CC(C)Cc1ccc(-c2cc(OCc3ccccc3)ccc2CO)cc1. The van der Waals surface area contributed by atoms with Gasteiger partial charge in [0.15, 0.2) is 0 Å². The first kappa shape index (κ1) is 18.2. The molecule has 2 nitrogen and oxygen atoms in total. The van der Waals surface area contributed by atoms with Gasteiger partial charge in [0, 0.05) is 0 Å². The van der Waals surface area contributed by atoms with E-state index in [1.165, 1.54) is 5.56 Å². The quantitative estimate of drug-likeness (QED) is 0.601. The molecule has 0 aliphatic heterocycles. The second kappa shape index (κ2) is 8.68. The van der Waals surface area contributed by atoms with E-state index < -0.39 is 0 Å². The fourth-order valence-electron chi connectivity index (χ4n) is 3.08. The van der Waals surface area contributed by atoms with Crippen LogP contribution in [0.25, 0.3) is 11.1 Å². The van der Waals surface area contributed by atoms with Gasteiger partial charge in [-0.2, -0.15) is 0 Å².